The second-order valence-electron chi connectivity index (χ2n) is 8.14. The molecule has 0 aliphatic heterocycles. The molecule has 2 aromatic carbocycles. The molecule has 0 atom stereocenters. The zero-order chi connectivity index (χ0) is 18.5. The highest BCUT2D eigenvalue weighted by atomic mass is 32.1. The van der Waals surface area contributed by atoms with Gasteiger partial charge in [0.25, 0.3) is 0 Å². The van der Waals surface area contributed by atoms with Gasteiger partial charge in [-0.3, -0.25) is 0 Å². The number of hydrogen-bond acceptors (Lipinski definition) is 2. The number of nitrogens with one attached hydrogen (secondary N) is 2. The molecule has 0 aliphatic rings. The first-order chi connectivity index (χ1) is 11.6. The molecule has 4 heteroatoms. The normalized spacial score (nSPS) is 11.7. The average Bonchev–Trinajstić information content (AvgIpc) is 2.47. The van der Waals surface area contributed by atoms with Crippen LogP contribution in [0.4, 0.5) is 5.69 Å². The van der Waals surface area contributed by atoms with Crippen LogP contribution >= 0.6 is 12.2 Å². The third kappa shape index (κ3) is 7.14. The van der Waals surface area contributed by atoms with Gasteiger partial charge >= 0.3 is 0 Å². The van der Waals surface area contributed by atoms with Crippen LogP contribution in [0.3, 0.4) is 0 Å². The average molecular weight is 357 g/mol. The molecule has 3 nitrogen and oxygen atoms in total. The number of hydrogen-bond donors (Lipinski definition) is 2. The van der Waals surface area contributed by atoms with Crippen molar-refractivity contribution in [1.82, 2.24) is 5.32 Å². The monoisotopic (exact) mass is 356 g/mol. The Morgan fingerprint density at radius 2 is 1.44 bits per heavy atom. The fourth-order valence-corrected chi connectivity index (χ4v) is 3.46. The lowest BCUT2D eigenvalue weighted by molar-refractivity contribution is 0.268. The van der Waals surface area contributed by atoms with Crippen LogP contribution in [0, 0.1) is 5.41 Å². The molecule has 25 heavy (non-hydrogen) atoms. The summed E-state index contributed by atoms with van der Waals surface area (Å²) in [4.78, 5) is 0. The molecule has 0 heterocycles. The number of rotatable bonds is 5. The molecule has 0 saturated carbocycles. The van der Waals surface area contributed by atoms with Crippen molar-refractivity contribution in [1.29, 1.82) is 0 Å². The summed E-state index contributed by atoms with van der Waals surface area (Å²) >= 11 is 5.46. The largest absolute Gasteiger partial charge is 0.457 e. The van der Waals surface area contributed by atoms with Gasteiger partial charge in [-0.05, 0) is 74.3 Å². The van der Waals surface area contributed by atoms with Crippen LogP contribution in [-0.2, 0) is 0 Å². The summed E-state index contributed by atoms with van der Waals surface area (Å²) in [6.45, 7) is 11.0. The Kier molecular flexibility index (Phi) is 6.07. The number of ether oxygens (including phenoxy) is 1. The topological polar surface area (TPSA) is 33.3 Å². The van der Waals surface area contributed by atoms with Gasteiger partial charge in [-0.25, -0.2) is 0 Å². The quantitative estimate of drug-likeness (QED) is 0.646. The molecule has 0 amide bonds. The zero-order valence-electron chi connectivity index (χ0n) is 15.7. The highest BCUT2D eigenvalue weighted by molar-refractivity contribution is 7.80. The van der Waals surface area contributed by atoms with Gasteiger partial charge in [-0.1, -0.05) is 39.0 Å². The predicted octanol–water partition coefficient (Wildman–Crippen LogP) is 5.98. The highest BCUT2D eigenvalue weighted by Crippen LogP contribution is 2.27. The van der Waals surface area contributed by atoms with E-state index < -0.39 is 0 Å². The summed E-state index contributed by atoms with van der Waals surface area (Å²) in [6.07, 6.45) is 1.02. The van der Waals surface area contributed by atoms with Gasteiger partial charge in [0.2, 0.25) is 0 Å². The molecule has 0 saturated heterocycles. The van der Waals surface area contributed by atoms with Crippen molar-refractivity contribution in [3.05, 3.63) is 54.6 Å². The van der Waals surface area contributed by atoms with E-state index in [-0.39, 0.29) is 11.0 Å². The van der Waals surface area contributed by atoms with Crippen molar-refractivity contribution in [3.8, 4) is 11.5 Å². The van der Waals surface area contributed by atoms with E-state index in [2.05, 4.69) is 45.3 Å². The predicted molar refractivity (Wildman–Crippen MR) is 110 cm³/mol. The van der Waals surface area contributed by atoms with Gasteiger partial charge < -0.3 is 15.4 Å². The lowest BCUT2D eigenvalue weighted by Gasteiger charge is -2.34. The fraction of sp³-hybridized carbons (Fsp3) is 0.381. The smallest absolute Gasteiger partial charge is 0.171 e. The van der Waals surface area contributed by atoms with E-state index in [0.717, 1.165) is 23.6 Å². The van der Waals surface area contributed by atoms with Crippen LogP contribution in [0.1, 0.15) is 41.0 Å². The Bertz CT molecular complexity index is 688. The van der Waals surface area contributed by atoms with Crippen molar-refractivity contribution >= 4 is 23.0 Å². The Hall–Kier alpha value is -2.07. The van der Waals surface area contributed by atoms with Crippen LogP contribution in [-0.4, -0.2) is 10.7 Å². The molecular formula is C21H28N2OS. The second-order valence-corrected chi connectivity index (χ2v) is 8.55. The minimum absolute atomic E-state index is 0.0707. The summed E-state index contributed by atoms with van der Waals surface area (Å²) in [5.74, 6) is 1.62. The highest BCUT2D eigenvalue weighted by Gasteiger charge is 2.25. The number of benzene rings is 2. The molecule has 0 unspecified atom stereocenters. The standard InChI is InChI=1S/C21H28N2OS/c1-20(2,3)15-21(4,5)23-19(25)22-16-11-13-18(14-12-16)24-17-9-7-6-8-10-17/h6-14H,15H2,1-5H3,(H2,22,23,25). The molecule has 0 aromatic heterocycles. The second kappa shape index (κ2) is 7.87. The van der Waals surface area contributed by atoms with Crippen LogP contribution in [0.2, 0.25) is 0 Å². The number of para-hydroxylation sites is 1. The lowest BCUT2D eigenvalue weighted by atomic mass is 9.82. The fourth-order valence-electron chi connectivity index (χ4n) is 3.07. The Morgan fingerprint density at radius 3 is 2.00 bits per heavy atom. The minimum atomic E-state index is -0.0707. The van der Waals surface area contributed by atoms with E-state index >= 15 is 0 Å². The molecular weight excluding hydrogens is 328 g/mol. The van der Waals surface area contributed by atoms with Crippen molar-refractivity contribution in [2.45, 2.75) is 46.6 Å². The zero-order valence-corrected chi connectivity index (χ0v) is 16.5. The van der Waals surface area contributed by atoms with Gasteiger partial charge in [0.15, 0.2) is 5.11 Å². The minimum Gasteiger partial charge on any atom is -0.457 e. The first-order valence-corrected chi connectivity index (χ1v) is 8.96. The van der Waals surface area contributed by atoms with Gasteiger partial charge in [0, 0.05) is 11.2 Å². The first-order valence-electron chi connectivity index (χ1n) is 8.55. The van der Waals surface area contributed by atoms with Gasteiger partial charge in [-0.2, -0.15) is 0 Å². The maximum Gasteiger partial charge on any atom is 0.171 e. The molecule has 0 radical (unpaired) electrons. The van der Waals surface area contributed by atoms with Gasteiger partial charge in [-0.15, -0.1) is 0 Å². The van der Waals surface area contributed by atoms with Gasteiger partial charge in [0.05, 0.1) is 0 Å². The molecule has 2 N–H and O–H groups in total. The summed E-state index contributed by atoms with van der Waals surface area (Å²) in [7, 11) is 0. The van der Waals surface area contributed by atoms with Gasteiger partial charge in [0.1, 0.15) is 11.5 Å². The summed E-state index contributed by atoms with van der Waals surface area (Å²) in [5, 5.41) is 7.27. The number of thiocarbonyl (C=S) groups is 1. The molecule has 0 spiro atoms. The lowest BCUT2D eigenvalue weighted by Crippen LogP contribution is -2.47. The maximum absolute atomic E-state index is 5.80. The van der Waals surface area contributed by atoms with E-state index in [1.54, 1.807) is 0 Å². The van der Waals surface area contributed by atoms with E-state index in [0.29, 0.717) is 5.11 Å². The van der Waals surface area contributed by atoms with E-state index in [9.17, 15) is 0 Å². The molecule has 0 fully saturated rings. The summed E-state index contributed by atoms with van der Waals surface area (Å²) in [5.41, 5.74) is 1.10. The Labute approximate surface area is 156 Å². The van der Waals surface area contributed by atoms with Crippen LogP contribution in [0.5, 0.6) is 11.5 Å². The third-order valence-corrected chi connectivity index (χ3v) is 3.72. The van der Waals surface area contributed by atoms with E-state index in [1.165, 1.54) is 0 Å². The van der Waals surface area contributed by atoms with Crippen LogP contribution in [0.15, 0.2) is 54.6 Å². The van der Waals surface area contributed by atoms with E-state index in [1.807, 2.05) is 54.6 Å². The van der Waals surface area contributed by atoms with Crippen LogP contribution in [0.25, 0.3) is 0 Å². The SMILES string of the molecule is CC(C)(C)CC(C)(C)NC(=S)Nc1ccc(Oc2ccccc2)cc1. The third-order valence-electron chi connectivity index (χ3n) is 3.52. The first kappa shape index (κ1) is 19.3. The van der Waals surface area contributed by atoms with E-state index in [4.69, 9.17) is 17.0 Å². The van der Waals surface area contributed by atoms with Crippen molar-refractivity contribution < 1.29 is 4.74 Å². The summed E-state index contributed by atoms with van der Waals surface area (Å²) in [6, 6.07) is 17.5. The maximum atomic E-state index is 5.80. The molecule has 2 aromatic rings. The molecule has 0 bridgehead atoms. The summed E-state index contributed by atoms with van der Waals surface area (Å²) < 4.78 is 5.80. The number of anilines is 1. The van der Waals surface area contributed by atoms with Crippen molar-refractivity contribution in [2.24, 2.45) is 5.41 Å². The molecule has 134 valence electrons. The van der Waals surface area contributed by atoms with Crippen molar-refractivity contribution in [3.63, 3.8) is 0 Å². The Morgan fingerprint density at radius 1 is 0.880 bits per heavy atom. The molecule has 2 rings (SSSR count). The molecule has 0 aliphatic carbocycles. The van der Waals surface area contributed by atoms with Crippen molar-refractivity contribution in [2.75, 3.05) is 5.32 Å². The van der Waals surface area contributed by atoms with Crippen LogP contribution < -0.4 is 15.4 Å². The Balaban J connectivity index is 1.91.